The molecule has 1 aromatic heterocycles. The lowest BCUT2D eigenvalue weighted by Crippen LogP contribution is -2.29. The zero-order valence-electron chi connectivity index (χ0n) is 20.1. The van der Waals surface area contributed by atoms with Crippen LogP contribution in [0.15, 0.2) is 66.2 Å². The number of Topliss-reactive ketones (excluding diaryl/α,β-unsaturated/α-hetero) is 1. The zero-order chi connectivity index (χ0) is 25.7. The van der Waals surface area contributed by atoms with Crippen molar-refractivity contribution in [2.45, 2.75) is 13.0 Å². The molecule has 0 spiro atoms. The fourth-order valence-electron chi connectivity index (χ4n) is 4.63. The summed E-state index contributed by atoms with van der Waals surface area (Å²) in [6.45, 7) is 2.79. The van der Waals surface area contributed by atoms with Gasteiger partial charge in [-0.25, -0.2) is 4.98 Å². The lowest BCUT2D eigenvalue weighted by molar-refractivity contribution is -0.132. The molecule has 37 heavy (non-hydrogen) atoms. The summed E-state index contributed by atoms with van der Waals surface area (Å²) < 4.78 is 17.5. The molecule has 3 heterocycles. The number of aliphatic hydroxyl groups excluding tert-OH is 1. The molecule has 1 atom stereocenters. The number of thiazole rings is 1. The van der Waals surface area contributed by atoms with Crippen LogP contribution in [0, 0.1) is 6.92 Å². The number of methoxy groups -OCH3 is 1. The lowest BCUT2D eigenvalue weighted by atomic mass is 9.95. The van der Waals surface area contributed by atoms with Crippen LogP contribution in [0.2, 0.25) is 0 Å². The van der Waals surface area contributed by atoms with Crippen molar-refractivity contribution >= 4 is 44.1 Å². The second-order valence-corrected chi connectivity index (χ2v) is 9.78. The predicted molar refractivity (Wildman–Crippen MR) is 140 cm³/mol. The molecule has 2 aliphatic heterocycles. The summed E-state index contributed by atoms with van der Waals surface area (Å²) in [7, 11) is 1.54. The van der Waals surface area contributed by atoms with Crippen molar-refractivity contribution in [1.82, 2.24) is 4.98 Å². The van der Waals surface area contributed by atoms with Crippen molar-refractivity contribution in [3.8, 4) is 17.2 Å². The third kappa shape index (κ3) is 3.88. The van der Waals surface area contributed by atoms with Crippen LogP contribution in [0.3, 0.4) is 0 Å². The Bertz CT molecular complexity index is 1610. The van der Waals surface area contributed by atoms with Crippen LogP contribution in [0.4, 0.5) is 5.13 Å². The Balaban J connectivity index is 1.55. The number of amides is 1. The van der Waals surface area contributed by atoms with E-state index in [0.29, 0.717) is 46.7 Å². The van der Waals surface area contributed by atoms with E-state index in [1.54, 1.807) is 49.6 Å². The summed E-state index contributed by atoms with van der Waals surface area (Å²) in [5.41, 5.74) is 2.70. The van der Waals surface area contributed by atoms with Gasteiger partial charge in [-0.1, -0.05) is 29.5 Å². The molecule has 1 amide bonds. The van der Waals surface area contributed by atoms with Gasteiger partial charge in [0.15, 0.2) is 16.6 Å². The second kappa shape index (κ2) is 8.94. The van der Waals surface area contributed by atoms with Crippen molar-refractivity contribution in [3.63, 3.8) is 0 Å². The molecule has 8 nitrogen and oxygen atoms in total. The number of ketones is 1. The highest BCUT2D eigenvalue weighted by Crippen LogP contribution is 2.45. The van der Waals surface area contributed by atoms with Crippen molar-refractivity contribution in [3.05, 3.63) is 82.9 Å². The Kier molecular flexibility index (Phi) is 5.57. The van der Waals surface area contributed by atoms with E-state index in [2.05, 4.69) is 4.98 Å². The summed E-state index contributed by atoms with van der Waals surface area (Å²) in [5, 5.41) is 11.8. The van der Waals surface area contributed by atoms with Gasteiger partial charge in [-0.05, 0) is 60.5 Å². The van der Waals surface area contributed by atoms with Crippen LogP contribution in [-0.4, -0.2) is 42.1 Å². The highest BCUT2D eigenvalue weighted by Gasteiger charge is 2.48. The number of nitrogens with zero attached hydrogens (tertiary/aromatic N) is 2. The maximum atomic E-state index is 13.5. The first kappa shape index (κ1) is 23.1. The normalized spacial score (nSPS) is 18.4. The standard InChI is InChI=1S/C28H22N2O6S/c1-15-6-8-19-22(12-15)37-28(29-19)30-24(16-4-3-5-18(13-16)34-2)23(26(32)27(30)33)25(31)17-7-9-20-21(14-17)36-11-10-35-20/h3-9,12-14,24,31H,10-11H2,1-2H3/b25-23+/t24-/m1/s1. The van der Waals surface area contributed by atoms with Crippen LogP contribution < -0.4 is 19.1 Å². The van der Waals surface area contributed by atoms with Gasteiger partial charge in [-0.2, -0.15) is 0 Å². The van der Waals surface area contributed by atoms with Crippen molar-refractivity contribution in [2.75, 3.05) is 25.2 Å². The largest absolute Gasteiger partial charge is 0.507 e. The Morgan fingerprint density at radius 2 is 1.86 bits per heavy atom. The molecule has 4 aromatic rings. The van der Waals surface area contributed by atoms with E-state index in [9.17, 15) is 14.7 Å². The van der Waals surface area contributed by atoms with Gasteiger partial charge in [-0.15, -0.1) is 0 Å². The molecule has 0 aliphatic carbocycles. The highest BCUT2D eigenvalue weighted by molar-refractivity contribution is 7.22. The van der Waals surface area contributed by atoms with Gasteiger partial charge >= 0.3 is 5.91 Å². The number of hydrogen-bond donors (Lipinski definition) is 1. The number of carbonyl (C=O) groups excluding carboxylic acids is 2. The average Bonchev–Trinajstić information content (AvgIpc) is 3.45. The van der Waals surface area contributed by atoms with E-state index in [1.807, 2.05) is 25.1 Å². The number of ether oxygens (including phenoxy) is 3. The van der Waals surface area contributed by atoms with Gasteiger partial charge in [0.25, 0.3) is 5.78 Å². The summed E-state index contributed by atoms with van der Waals surface area (Å²) in [6, 6.07) is 16.9. The zero-order valence-corrected chi connectivity index (χ0v) is 20.9. The maximum Gasteiger partial charge on any atom is 0.301 e. The van der Waals surface area contributed by atoms with E-state index in [-0.39, 0.29) is 11.3 Å². The van der Waals surface area contributed by atoms with E-state index >= 15 is 0 Å². The van der Waals surface area contributed by atoms with E-state index < -0.39 is 17.7 Å². The van der Waals surface area contributed by atoms with Crippen LogP contribution in [0.1, 0.15) is 22.7 Å². The van der Waals surface area contributed by atoms with E-state index in [4.69, 9.17) is 14.2 Å². The Labute approximate surface area is 216 Å². The van der Waals surface area contributed by atoms with Gasteiger partial charge in [-0.3, -0.25) is 14.5 Å². The monoisotopic (exact) mass is 514 g/mol. The third-order valence-electron chi connectivity index (χ3n) is 6.41. The summed E-state index contributed by atoms with van der Waals surface area (Å²) in [6.07, 6.45) is 0. The molecular weight excluding hydrogens is 492 g/mol. The second-order valence-electron chi connectivity index (χ2n) is 8.77. The van der Waals surface area contributed by atoms with Crippen molar-refractivity contribution in [1.29, 1.82) is 0 Å². The van der Waals surface area contributed by atoms with Gasteiger partial charge in [0.1, 0.15) is 24.7 Å². The van der Waals surface area contributed by atoms with E-state index in [1.165, 1.54) is 16.2 Å². The molecule has 0 saturated carbocycles. The SMILES string of the molecule is COc1cccc([C@@H]2/C(=C(\O)c3ccc4c(c3)OCCO4)C(=O)C(=O)N2c2nc3ccc(C)cc3s2)c1. The Morgan fingerprint density at radius 3 is 2.68 bits per heavy atom. The summed E-state index contributed by atoms with van der Waals surface area (Å²) in [5.74, 6) is -0.287. The molecule has 3 aromatic carbocycles. The van der Waals surface area contributed by atoms with Gasteiger partial charge in [0.05, 0.1) is 28.9 Å². The molecule has 1 fully saturated rings. The summed E-state index contributed by atoms with van der Waals surface area (Å²) in [4.78, 5) is 33.0. The molecule has 9 heteroatoms. The smallest absolute Gasteiger partial charge is 0.301 e. The molecule has 0 bridgehead atoms. The molecule has 2 aliphatic rings. The first-order valence-electron chi connectivity index (χ1n) is 11.7. The minimum absolute atomic E-state index is 0.0367. The van der Waals surface area contributed by atoms with Crippen LogP contribution in [0.5, 0.6) is 17.2 Å². The van der Waals surface area contributed by atoms with Crippen molar-refractivity contribution in [2.24, 2.45) is 0 Å². The molecule has 1 saturated heterocycles. The first-order valence-corrected chi connectivity index (χ1v) is 12.5. The Morgan fingerprint density at radius 1 is 1.05 bits per heavy atom. The van der Waals surface area contributed by atoms with Gasteiger partial charge in [0, 0.05) is 5.56 Å². The number of aromatic nitrogens is 1. The Hall–Kier alpha value is -4.37. The van der Waals surface area contributed by atoms with Gasteiger partial charge < -0.3 is 19.3 Å². The van der Waals surface area contributed by atoms with Gasteiger partial charge in [0.2, 0.25) is 0 Å². The molecule has 0 unspecified atom stereocenters. The average molecular weight is 515 g/mol. The maximum absolute atomic E-state index is 13.5. The number of aliphatic hydroxyl groups is 1. The number of fused-ring (bicyclic) bond motifs is 2. The number of anilines is 1. The molecule has 6 rings (SSSR count). The first-order chi connectivity index (χ1) is 17.9. The fraction of sp³-hybridized carbons (Fsp3) is 0.179. The number of hydrogen-bond acceptors (Lipinski definition) is 8. The highest BCUT2D eigenvalue weighted by atomic mass is 32.1. The third-order valence-corrected chi connectivity index (χ3v) is 7.43. The quantitative estimate of drug-likeness (QED) is 0.232. The minimum Gasteiger partial charge on any atom is -0.507 e. The van der Waals surface area contributed by atoms with Crippen molar-refractivity contribution < 1.29 is 28.9 Å². The lowest BCUT2D eigenvalue weighted by Gasteiger charge is -2.23. The number of benzene rings is 3. The molecule has 186 valence electrons. The number of aryl methyl sites for hydroxylation is 1. The number of rotatable bonds is 4. The molecule has 1 N–H and O–H groups in total. The molecule has 0 radical (unpaired) electrons. The van der Waals surface area contributed by atoms with Crippen LogP contribution in [-0.2, 0) is 9.59 Å². The minimum atomic E-state index is -0.912. The summed E-state index contributed by atoms with van der Waals surface area (Å²) >= 11 is 1.32. The number of carbonyl (C=O) groups is 2. The van der Waals surface area contributed by atoms with E-state index in [0.717, 1.165) is 15.8 Å². The topological polar surface area (TPSA) is 98.2 Å². The predicted octanol–water partition coefficient (Wildman–Crippen LogP) is 5.01. The van der Waals surface area contributed by atoms with Crippen LogP contribution >= 0.6 is 11.3 Å². The fourth-order valence-corrected chi connectivity index (χ4v) is 5.72. The molecular formula is C28H22N2O6S. The van der Waals surface area contributed by atoms with Crippen LogP contribution in [0.25, 0.3) is 16.0 Å².